The SMILES string of the molecule is CCCCCCCCCCOc1ccc2c(c1)N(C)c1nc(=O)n([C@H]3C[C@H](O)[C@@H](CO)O3)cc1O2. The zero-order valence-electron chi connectivity index (χ0n) is 20.7. The van der Waals surface area contributed by atoms with Gasteiger partial charge in [0.2, 0.25) is 0 Å². The van der Waals surface area contributed by atoms with Crippen LogP contribution in [0, 0.1) is 0 Å². The van der Waals surface area contributed by atoms with Gasteiger partial charge in [-0.15, -0.1) is 0 Å². The minimum absolute atomic E-state index is 0.192. The number of hydrogen-bond acceptors (Lipinski definition) is 8. The zero-order chi connectivity index (χ0) is 24.8. The molecule has 35 heavy (non-hydrogen) atoms. The van der Waals surface area contributed by atoms with Gasteiger partial charge in [0, 0.05) is 19.5 Å². The van der Waals surface area contributed by atoms with Gasteiger partial charge in [0.05, 0.1) is 31.2 Å². The Morgan fingerprint density at radius 3 is 2.57 bits per heavy atom. The second kappa shape index (κ2) is 11.9. The van der Waals surface area contributed by atoms with Gasteiger partial charge in [-0.1, -0.05) is 51.9 Å². The predicted octanol–water partition coefficient (Wildman–Crippen LogP) is 4.28. The van der Waals surface area contributed by atoms with Crippen LogP contribution in [0.25, 0.3) is 0 Å². The maximum Gasteiger partial charge on any atom is 0.351 e. The Balaban J connectivity index is 1.36. The second-order valence-electron chi connectivity index (χ2n) is 9.35. The standard InChI is InChI=1S/C26H37N3O6/c1-3-4-5-6-7-8-9-10-13-33-18-11-12-21-19(14-18)28(2)25-22(34-21)16-29(26(32)27-25)24-15-20(31)23(17-30)35-24/h11-12,14,16,20,23-24,30-31H,3-10,13,15,17H2,1-2H3/t20-,23+,24+/m0/s1. The molecule has 1 fully saturated rings. The molecule has 0 bridgehead atoms. The molecular weight excluding hydrogens is 450 g/mol. The Bertz CT molecular complexity index is 1040. The predicted molar refractivity (Wildman–Crippen MR) is 133 cm³/mol. The number of aliphatic hydroxyl groups is 2. The van der Waals surface area contributed by atoms with E-state index in [1.807, 2.05) is 30.1 Å². The van der Waals surface area contributed by atoms with E-state index >= 15 is 0 Å². The molecule has 9 heteroatoms. The maximum absolute atomic E-state index is 12.7. The van der Waals surface area contributed by atoms with Crippen LogP contribution in [0.4, 0.5) is 11.5 Å². The lowest BCUT2D eigenvalue weighted by Gasteiger charge is -2.29. The van der Waals surface area contributed by atoms with Crippen molar-refractivity contribution in [1.29, 1.82) is 0 Å². The summed E-state index contributed by atoms with van der Waals surface area (Å²) in [5, 5.41) is 19.3. The zero-order valence-corrected chi connectivity index (χ0v) is 20.7. The van der Waals surface area contributed by atoms with Crippen LogP contribution >= 0.6 is 0 Å². The number of fused-ring (bicyclic) bond motifs is 2. The lowest BCUT2D eigenvalue weighted by molar-refractivity contribution is -0.0460. The van der Waals surface area contributed by atoms with E-state index in [1.54, 1.807) is 6.20 Å². The molecule has 2 aliphatic rings. The van der Waals surface area contributed by atoms with E-state index in [0.29, 0.717) is 23.9 Å². The number of aliphatic hydroxyl groups excluding tert-OH is 2. The highest BCUT2D eigenvalue weighted by atomic mass is 16.5. The number of aromatic nitrogens is 2. The first-order valence-electron chi connectivity index (χ1n) is 12.8. The number of unbranched alkanes of at least 4 members (excludes halogenated alkanes) is 7. The van der Waals surface area contributed by atoms with E-state index in [0.717, 1.165) is 17.9 Å². The van der Waals surface area contributed by atoms with Gasteiger partial charge in [-0.05, 0) is 18.6 Å². The van der Waals surface area contributed by atoms with Crippen LogP contribution in [0.5, 0.6) is 17.2 Å². The molecule has 1 aromatic carbocycles. The molecule has 0 radical (unpaired) electrons. The van der Waals surface area contributed by atoms with E-state index in [4.69, 9.17) is 14.2 Å². The van der Waals surface area contributed by atoms with Crippen LogP contribution in [0.1, 0.15) is 70.9 Å². The first-order valence-corrected chi connectivity index (χ1v) is 12.8. The second-order valence-corrected chi connectivity index (χ2v) is 9.35. The molecule has 1 saturated heterocycles. The van der Waals surface area contributed by atoms with E-state index in [9.17, 15) is 15.0 Å². The number of benzene rings is 1. The minimum Gasteiger partial charge on any atom is -0.494 e. The number of ether oxygens (including phenoxy) is 3. The Morgan fingerprint density at radius 2 is 1.86 bits per heavy atom. The van der Waals surface area contributed by atoms with Crippen molar-refractivity contribution < 1.29 is 24.4 Å². The highest BCUT2D eigenvalue weighted by molar-refractivity contribution is 5.75. The van der Waals surface area contributed by atoms with Crippen LogP contribution in [0.2, 0.25) is 0 Å². The van der Waals surface area contributed by atoms with Crippen molar-refractivity contribution in [2.75, 3.05) is 25.2 Å². The van der Waals surface area contributed by atoms with Crippen molar-refractivity contribution in [2.45, 2.75) is 83.1 Å². The summed E-state index contributed by atoms with van der Waals surface area (Å²) in [5.41, 5.74) is 0.254. The fourth-order valence-electron chi connectivity index (χ4n) is 4.61. The number of nitrogens with zero attached hydrogens (tertiary/aromatic N) is 3. The lowest BCUT2D eigenvalue weighted by atomic mass is 10.1. The van der Waals surface area contributed by atoms with Crippen LogP contribution < -0.4 is 20.1 Å². The summed E-state index contributed by atoms with van der Waals surface area (Å²) in [6.45, 7) is 2.58. The number of anilines is 2. The van der Waals surface area contributed by atoms with Gasteiger partial charge in [0.15, 0.2) is 17.3 Å². The first-order chi connectivity index (χ1) is 17.0. The molecule has 0 saturated carbocycles. The van der Waals surface area contributed by atoms with Gasteiger partial charge >= 0.3 is 5.69 Å². The Labute approximate surface area is 206 Å². The van der Waals surface area contributed by atoms with Gasteiger partial charge in [-0.3, -0.25) is 4.57 Å². The third-order valence-corrected chi connectivity index (χ3v) is 6.69. The molecule has 192 valence electrons. The summed E-state index contributed by atoms with van der Waals surface area (Å²) in [5.74, 6) is 2.20. The summed E-state index contributed by atoms with van der Waals surface area (Å²) in [4.78, 5) is 18.7. The largest absolute Gasteiger partial charge is 0.494 e. The van der Waals surface area contributed by atoms with Crippen LogP contribution in [0.15, 0.2) is 29.2 Å². The Morgan fingerprint density at radius 1 is 1.11 bits per heavy atom. The lowest BCUT2D eigenvalue weighted by Crippen LogP contribution is -2.30. The monoisotopic (exact) mass is 487 g/mol. The van der Waals surface area contributed by atoms with Crippen molar-refractivity contribution in [3.05, 3.63) is 34.9 Å². The Kier molecular flexibility index (Phi) is 8.64. The summed E-state index contributed by atoms with van der Waals surface area (Å²) in [6.07, 6.45) is 9.47. The molecule has 2 aliphatic heterocycles. The van der Waals surface area contributed by atoms with Crippen LogP contribution in [-0.2, 0) is 4.74 Å². The molecule has 1 aromatic heterocycles. The van der Waals surface area contributed by atoms with Gasteiger partial charge in [0.1, 0.15) is 18.1 Å². The molecule has 0 aliphatic carbocycles. The molecule has 3 atom stereocenters. The van der Waals surface area contributed by atoms with Gasteiger partial charge in [0.25, 0.3) is 0 Å². The van der Waals surface area contributed by atoms with Crippen molar-refractivity contribution in [1.82, 2.24) is 9.55 Å². The number of rotatable bonds is 12. The quantitative estimate of drug-likeness (QED) is 0.428. The highest BCUT2D eigenvalue weighted by Gasteiger charge is 2.36. The van der Waals surface area contributed by atoms with E-state index < -0.39 is 24.1 Å². The van der Waals surface area contributed by atoms with Crippen LogP contribution in [-0.4, -0.2) is 52.2 Å². The van der Waals surface area contributed by atoms with Crippen LogP contribution in [0.3, 0.4) is 0 Å². The molecular formula is C26H37N3O6. The average Bonchev–Trinajstić information content (AvgIpc) is 3.24. The Hall–Kier alpha value is -2.62. The summed E-state index contributed by atoms with van der Waals surface area (Å²) in [7, 11) is 1.83. The van der Waals surface area contributed by atoms with Crippen molar-refractivity contribution >= 4 is 11.5 Å². The molecule has 0 amide bonds. The molecule has 0 spiro atoms. The highest BCUT2D eigenvalue weighted by Crippen LogP contribution is 2.45. The molecule has 2 aromatic rings. The molecule has 0 unspecified atom stereocenters. The van der Waals surface area contributed by atoms with Crippen molar-refractivity contribution in [2.24, 2.45) is 0 Å². The van der Waals surface area contributed by atoms with Gasteiger partial charge < -0.3 is 29.3 Å². The summed E-state index contributed by atoms with van der Waals surface area (Å²) in [6, 6.07) is 5.64. The fourth-order valence-corrected chi connectivity index (χ4v) is 4.61. The third-order valence-electron chi connectivity index (χ3n) is 6.69. The molecule has 2 N–H and O–H groups in total. The summed E-state index contributed by atoms with van der Waals surface area (Å²) < 4.78 is 18.9. The molecule has 3 heterocycles. The fraction of sp³-hybridized carbons (Fsp3) is 0.615. The van der Waals surface area contributed by atoms with E-state index in [2.05, 4.69) is 11.9 Å². The minimum atomic E-state index is -0.846. The maximum atomic E-state index is 12.7. The molecule has 4 rings (SSSR count). The van der Waals surface area contributed by atoms with E-state index in [-0.39, 0.29) is 13.0 Å². The first kappa shape index (κ1) is 25.5. The third kappa shape index (κ3) is 5.97. The van der Waals surface area contributed by atoms with Crippen molar-refractivity contribution in [3.8, 4) is 17.2 Å². The summed E-state index contributed by atoms with van der Waals surface area (Å²) >= 11 is 0. The van der Waals surface area contributed by atoms with Gasteiger partial charge in [-0.2, -0.15) is 4.98 Å². The molecule has 9 nitrogen and oxygen atoms in total. The normalized spacial score (nSPS) is 20.9. The van der Waals surface area contributed by atoms with Gasteiger partial charge in [-0.25, -0.2) is 4.79 Å². The average molecular weight is 488 g/mol. The van der Waals surface area contributed by atoms with Crippen molar-refractivity contribution in [3.63, 3.8) is 0 Å². The smallest absolute Gasteiger partial charge is 0.351 e. The topological polar surface area (TPSA) is 106 Å². The number of hydrogen-bond donors (Lipinski definition) is 2. The van der Waals surface area contributed by atoms with E-state index in [1.165, 1.54) is 49.5 Å².